The van der Waals surface area contributed by atoms with Crippen molar-refractivity contribution in [3.63, 3.8) is 0 Å². The third-order valence-corrected chi connectivity index (χ3v) is 3.20. The van der Waals surface area contributed by atoms with Crippen molar-refractivity contribution in [3.05, 3.63) is 53.6 Å². The SMILES string of the molecule is c1ccc2c(c1)CC2CNCc1ncc[nH]1. The molecule has 2 aromatic rings. The zero-order valence-electron chi connectivity index (χ0n) is 9.11. The van der Waals surface area contributed by atoms with E-state index in [1.54, 1.807) is 6.20 Å². The summed E-state index contributed by atoms with van der Waals surface area (Å²) in [5, 5.41) is 3.44. The van der Waals surface area contributed by atoms with Crippen LogP contribution < -0.4 is 5.32 Å². The molecule has 1 atom stereocenters. The smallest absolute Gasteiger partial charge is 0.120 e. The molecule has 0 saturated heterocycles. The number of rotatable bonds is 4. The molecule has 1 aromatic carbocycles. The van der Waals surface area contributed by atoms with Crippen molar-refractivity contribution in [2.45, 2.75) is 18.9 Å². The molecule has 1 aromatic heterocycles. The van der Waals surface area contributed by atoms with E-state index in [9.17, 15) is 0 Å². The van der Waals surface area contributed by atoms with E-state index in [0.29, 0.717) is 5.92 Å². The lowest BCUT2D eigenvalue weighted by Crippen LogP contribution is -2.29. The Kier molecular flexibility index (Phi) is 2.46. The molecule has 1 aliphatic carbocycles. The van der Waals surface area contributed by atoms with Crippen molar-refractivity contribution >= 4 is 0 Å². The summed E-state index contributed by atoms with van der Waals surface area (Å²) in [6, 6.07) is 8.69. The van der Waals surface area contributed by atoms with E-state index < -0.39 is 0 Å². The molecule has 0 fully saturated rings. The summed E-state index contributed by atoms with van der Waals surface area (Å²) < 4.78 is 0. The summed E-state index contributed by atoms with van der Waals surface area (Å²) in [6.45, 7) is 1.86. The Morgan fingerprint density at radius 1 is 1.38 bits per heavy atom. The minimum atomic E-state index is 0.686. The van der Waals surface area contributed by atoms with Crippen LogP contribution in [-0.4, -0.2) is 16.5 Å². The number of benzene rings is 1. The Morgan fingerprint density at radius 2 is 2.31 bits per heavy atom. The maximum Gasteiger partial charge on any atom is 0.120 e. The second-order valence-corrected chi connectivity index (χ2v) is 4.27. The topological polar surface area (TPSA) is 40.7 Å². The molecule has 0 spiro atoms. The Labute approximate surface area is 94.9 Å². The van der Waals surface area contributed by atoms with Crippen LogP contribution in [0, 0.1) is 0 Å². The van der Waals surface area contributed by atoms with Crippen molar-refractivity contribution in [1.82, 2.24) is 15.3 Å². The van der Waals surface area contributed by atoms with Gasteiger partial charge in [-0.3, -0.25) is 0 Å². The number of hydrogen-bond donors (Lipinski definition) is 2. The third kappa shape index (κ3) is 1.74. The van der Waals surface area contributed by atoms with Crippen LogP contribution in [0.5, 0.6) is 0 Å². The fraction of sp³-hybridized carbons (Fsp3) is 0.308. The van der Waals surface area contributed by atoms with Gasteiger partial charge in [-0.25, -0.2) is 4.98 Å². The third-order valence-electron chi connectivity index (χ3n) is 3.20. The first kappa shape index (κ1) is 9.60. The summed E-state index contributed by atoms with van der Waals surface area (Å²) in [7, 11) is 0. The maximum atomic E-state index is 4.18. The van der Waals surface area contributed by atoms with Gasteiger partial charge in [-0.05, 0) is 17.5 Å². The van der Waals surface area contributed by atoms with Gasteiger partial charge in [-0.2, -0.15) is 0 Å². The minimum Gasteiger partial charge on any atom is -0.348 e. The quantitative estimate of drug-likeness (QED) is 0.813. The Morgan fingerprint density at radius 3 is 3.12 bits per heavy atom. The fourth-order valence-corrected chi connectivity index (χ4v) is 2.30. The first-order valence-electron chi connectivity index (χ1n) is 5.70. The largest absolute Gasteiger partial charge is 0.348 e. The average Bonchev–Trinajstić information content (AvgIpc) is 2.77. The zero-order valence-corrected chi connectivity index (χ0v) is 9.11. The zero-order chi connectivity index (χ0) is 10.8. The van der Waals surface area contributed by atoms with Crippen molar-refractivity contribution in [1.29, 1.82) is 0 Å². The standard InChI is InChI=1S/C13H15N3/c1-2-4-12-10(3-1)7-11(12)8-14-9-13-15-5-6-16-13/h1-6,11,14H,7-9H2,(H,15,16). The molecular formula is C13H15N3. The van der Waals surface area contributed by atoms with Crippen LogP contribution >= 0.6 is 0 Å². The van der Waals surface area contributed by atoms with E-state index in [1.165, 1.54) is 17.5 Å². The number of aromatic amines is 1. The van der Waals surface area contributed by atoms with Gasteiger partial charge in [0.1, 0.15) is 5.82 Å². The number of imidazole rings is 1. The highest BCUT2D eigenvalue weighted by molar-refractivity contribution is 5.40. The van der Waals surface area contributed by atoms with Gasteiger partial charge in [0.2, 0.25) is 0 Å². The van der Waals surface area contributed by atoms with Crippen molar-refractivity contribution in [3.8, 4) is 0 Å². The molecule has 0 bridgehead atoms. The first-order chi connectivity index (χ1) is 7.93. The summed E-state index contributed by atoms with van der Waals surface area (Å²) in [5.74, 6) is 1.69. The lowest BCUT2D eigenvalue weighted by atomic mass is 9.78. The van der Waals surface area contributed by atoms with Crippen LogP contribution in [0.2, 0.25) is 0 Å². The molecule has 1 unspecified atom stereocenters. The average molecular weight is 213 g/mol. The lowest BCUT2D eigenvalue weighted by Gasteiger charge is -2.30. The van der Waals surface area contributed by atoms with Gasteiger partial charge in [0.15, 0.2) is 0 Å². The molecule has 0 radical (unpaired) electrons. The van der Waals surface area contributed by atoms with Crippen molar-refractivity contribution < 1.29 is 0 Å². The summed E-state index contributed by atoms with van der Waals surface area (Å²) in [5.41, 5.74) is 3.02. The van der Waals surface area contributed by atoms with E-state index in [0.717, 1.165) is 18.9 Å². The second-order valence-electron chi connectivity index (χ2n) is 4.27. The molecular weight excluding hydrogens is 198 g/mol. The number of hydrogen-bond acceptors (Lipinski definition) is 2. The Balaban J connectivity index is 1.52. The fourth-order valence-electron chi connectivity index (χ4n) is 2.30. The van der Waals surface area contributed by atoms with Crippen LogP contribution in [0.15, 0.2) is 36.7 Å². The number of aromatic nitrogens is 2. The van der Waals surface area contributed by atoms with Crippen LogP contribution in [0.3, 0.4) is 0 Å². The molecule has 82 valence electrons. The summed E-state index contributed by atoms with van der Waals surface area (Å²) >= 11 is 0. The van der Waals surface area contributed by atoms with Gasteiger partial charge in [0.05, 0.1) is 6.54 Å². The molecule has 2 N–H and O–H groups in total. The molecule has 1 heterocycles. The molecule has 3 nitrogen and oxygen atoms in total. The number of H-pyrrole nitrogens is 1. The molecule has 1 aliphatic rings. The van der Waals surface area contributed by atoms with E-state index in [-0.39, 0.29) is 0 Å². The highest BCUT2D eigenvalue weighted by Gasteiger charge is 2.24. The van der Waals surface area contributed by atoms with E-state index in [2.05, 4.69) is 39.6 Å². The number of fused-ring (bicyclic) bond motifs is 1. The van der Waals surface area contributed by atoms with Crippen LogP contribution in [0.1, 0.15) is 22.9 Å². The molecule has 16 heavy (non-hydrogen) atoms. The number of nitrogens with zero attached hydrogens (tertiary/aromatic N) is 1. The molecule has 0 saturated carbocycles. The van der Waals surface area contributed by atoms with E-state index in [4.69, 9.17) is 0 Å². The Bertz CT molecular complexity index is 462. The molecule has 3 rings (SSSR count). The van der Waals surface area contributed by atoms with Gasteiger partial charge in [0, 0.05) is 24.9 Å². The van der Waals surface area contributed by atoms with Crippen LogP contribution in [0.25, 0.3) is 0 Å². The van der Waals surface area contributed by atoms with Crippen LogP contribution in [-0.2, 0) is 13.0 Å². The minimum absolute atomic E-state index is 0.686. The normalized spacial score (nSPS) is 17.9. The first-order valence-corrected chi connectivity index (χ1v) is 5.70. The molecule has 0 amide bonds. The van der Waals surface area contributed by atoms with Gasteiger partial charge >= 0.3 is 0 Å². The predicted molar refractivity (Wildman–Crippen MR) is 63.2 cm³/mol. The monoisotopic (exact) mass is 213 g/mol. The molecule has 3 heteroatoms. The Hall–Kier alpha value is -1.61. The van der Waals surface area contributed by atoms with Gasteiger partial charge in [-0.1, -0.05) is 24.3 Å². The number of nitrogens with one attached hydrogen (secondary N) is 2. The lowest BCUT2D eigenvalue weighted by molar-refractivity contribution is 0.530. The predicted octanol–water partition coefficient (Wildman–Crippen LogP) is 1.84. The maximum absolute atomic E-state index is 4.18. The second kappa shape index (κ2) is 4.10. The van der Waals surface area contributed by atoms with Crippen molar-refractivity contribution in [2.24, 2.45) is 0 Å². The van der Waals surface area contributed by atoms with Gasteiger partial charge in [-0.15, -0.1) is 0 Å². The van der Waals surface area contributed by atoms with Gasteiger partial charge in [0.25, 0.3) is 0 Å². The highest BCUT2D eigenvalue weighted by Crippen LogP contribution is 2.33. The highest BCUT2D eigenvalue weighted by atomic mass is 15.0. The van der Waals surface area contributed by atoms with Crippen molar-refractivity contribution in [2.75, 3.05) is 6.54 Å². The summed E-state index contributed by atoms with van der Waals surface area (Å²) in [6.07, 6.45) is 4.85. The summed E-state index contributed by atoms with van der Waals surface area (Å²) in [4.78, 5) is 7.28. The van der Waals surface area contributed by atoms with E-state index in [1.807, 2.05) is 6.20 Å². The van der Waals surface area contributed by atoms with Crippen LogP contribution in [0.4, 0.5) is 0 Å². The molecule has 0 aliphatic heterocycles. The van der Waals surface area contributed by atoms with E-state index >= 15 is 0 Å². The van der Waals surface area contributed by atoms with Gasteiger partial charge < -0.3 is 10.3 Å².